The predicted molar refractivity (Wildman–Crippen MR) is 106 cm³/mol. The average Bonchev–Trinajstić information content (AvgIpc) is 3.18. The second-order valence-electron chi connectivity index (χ2n) is 6.68. The zero-order chi connectivity index (χ0) is 20.7. The van der Waals surface area contributed by atoms with Crippen LogP contribution >= 0.6 is 11.6 Å². The van der Waals surface area contributed by atoms with Gasteiger partial charge in [-0.1, -0.05) is 11.6 Å². The first-order valence-electron chi connectivity index (χ1n) is 8.83. The van der Waals surface area contributed by atoms with Crippen molar-refractivity contribution in [2.24, 2.45) is 0 Å². The van der Waals surface area contributed by atoms with Crippen molar-refractivity contribution in [1.29, 1.82) is 0 Å². The maximum absolute atomic E-state index is 13.3. The topological polar surface area (TPSA) is 119 Å². The van der Waals surface area contributed by atoms with Crippen LogP contribution in [-0.2, 0) is 0 Å². The van der Waals surface area contributed by atoms with E-state index in [4.69, 9.17) is 11.6 Å². The highest BCUT2D eigenvalue weighted by atomic mass is 35.5. The van der Waals surface area contributed by atoms with Gasteiger partial charge in [0.25, 0.3) is 11.2 Å². The number of aromatic nitrogens is 2. The van der Waals surface area contributed by atoms with Crippen molar-refractivity contribution in [3.63, 3.8) is 0 Å². The van der Waals surface area contributed by atoms with Crippen LogP contribution in [-0.4, -0.2) is 37.1 Å². The van der Waals surface area contributed by atoms with Gasteiger partial charge in [0.1, 0.15) is 5.82 Å². The van der Waals surface area contributed by atoms with Crippen molar-refractivity contribution >= 4 is 34.3 Å². The molecule has 1 saturated heterocycles. The van der Waals surface area contributed by atoms with Gasteiger partial charge in [0.05, 0.1) is 27.6 Å². The van der Waals surface area contributed by atoms with E-state index in [-0.39, 0.29) is 22.4 Å². The molecule has 4 rings (SSSR count). The molecular weight excluding hydrogens is 400 g/mol. The molecule has 0 saturated carbocycles. The Hall–Kier alpha value is -3.46. The Morgan fingerprint density at radius 1 is 1.24 bits per heavy atom. The monoisotopic (exact) mass is 414 g/mol. The lowest BCUT2D eigenvalue weighted by Crippen LogP contribution is -2.34. The molecule has 0 spiro atoms. The molecule has 3 aromatic rings. The van der Waals surface area contributed by atoms with Gasteiger partial charge in [-0.25, -0.2) is 9.78 Å². The molecule has 9 nitrogen and oxygen atoms in total. The fraction of sp³-hybridized carbons (Fsp3) is 0.211. The predicted octanol–water partition coefficient (Wildman–Crippen LogP) is 3.76. The van der Waals surface area contributed by atoms with E-state index in [9.17, 15) is 24.8 Å². The fourth-order valence-corrected chi connectivity index (χ4v) is 3.76. The summed E-state index contributed by atoms with van der Waals surface area (Å²) in [4.78, 5) is 41.4. The third-order valence-corrected chi connectivity index (χ3v) is 5.22. The van der Waals surface area contributed by atoms with Crippen LogP contribution in [0.4, 0.5) is 10.5 Å². The normalized spacial score (nSPS) is 16.3. The van der Waals surface area contributed by atoms with E-state index in [0.29, 0.717) is 30.1 Å². The molecule has 1 aliphatic heterocycles. The minimum absolute atomic E-state index is 0.0813. The van der Waals surface area contributed by atoms with Gasteiger partial charge in [-0.15, -0.1) is 0 Å². The van der Waals surface area contributed by atoms with Crippen molar-refractivity contribution in [2.45, 2.75) is 18.9 Å². The Bertz CT molecular complexity index is 1190. The molecule has 2 heterocycles. The Morgan fingerprint density at radius 2 is 1.97 bits per heavy atom. The van der Waals surface area contributed by atoms with E-state index >= 15 is 0 Å². The minimum Gasteiger partial charge on any atom is -0.465 e. The summed E-state index contributed by atoms with van der Waals surface area (Å²) in [5.41, 5.74) is -0.00121. The van der Waals surface area contributed by atoms with Crippen LogP contribution < -0.4 is 5.56 Å². The largest absolute Gasteiger partial charge is 0.465 e. The highest BCUT2D eigenvalue weighted by molar-refractivity contribution is 6.30. The Kier molecular flexibility index (Phi) is 4.67. The van der Waals surface area contributed by atoms with E-state index in [1.807, 2.05) is 0 Å². The van der Waals surface area contributed by atoms with Gasteiger partial charge in [-0.2, -0.15) is 0 Å². The van der Waals surface area contributed by atoms with E-state index in [2.05, 4.69) is 4.98 Å². The molecule has 10 heteroatoms. The highest BCUT2D eigenvalue weighted by Gasteiger charge is 2.34. The number of benzene rings is 2. The number of hydrogen-bond acceptors (Lipinski definition) is 5. The average molecular weight is 415 g/mol. The maximum atomic E-state index is 13.3. The molecule has 1 unspecified atom stereocenters. The van der Waals surface area contributed by atoms with Gasteiger partial charge in [-0.3, -0.25) is 24.4 Å². The van der Waals surface area contributed by atoms with Crippen LogP contribution in [0.15, 0.2) is 47.3 Å². The van der Waals surface area contributed by atoms with Crippen molar-refractivity contribution in [3.05, 3.63) is 73.8 Å². The Balaban J connectivity index is 2.03. The zero-order valence-electron chi connectivity index (χ0n) is 15.0. The van der Waals surface area contributed by atoms with Gasteiger partial charge >= 0.3 is 6.09 Å². The lowest BCUT2D eigenvalue weighted by atomic mass is 10.1. The standard InChI is InChI=1S/C19H15ClN4O5/c20-11-3-5-12(6-4-11)23-17(16-2-1-9-22(16)19(26)27)21-15-8-7-13(24(28)29)10-14(15)18(23)25/h3-8,10,16H,1-2,9H2,(H,26,27). The summed E-state index contributed by atoms with van der Waals surface area (Å²) < 4.78 is 1.31. The third-order valence-electron chi connectivity index (χ3n) is 4.97. The summed E-state index contributed by atoms with van der Waals surface area (Å²) in [5, 5.41) is 21.2. The molecule has 148 valence electrons. The lowest BCUT2D eigenvalue weighted by molar-refractivity contribution is -0.384. The van der Waals surface area contributed by atoms with Crippen LogP contribution in [0.3, 0.4) is 0 Å². The highest BCUT2D eigenvalue weighted by Crippen LogP contribution is 2.32. The molecule has 1 atom stereocenters. The number of non-ortho nitro benzene ring substituents is 1. The van der Waals surface area contributed by atoms with Crippen LogP contribution in [0.2, 0.25) is 5.02 Å². The van der Waals surface area contributed by atoms with Crippen LogP contribution in [0, 0.1) is 10.1 Å². The number of carboxylic acid groups (broad SMARTS) is 1. The number of rotatable bonds is 3. The lowest BCUT2D eigenvalue weighted by Gasteiger charge is -2.24. The van der Waals surface area contributed by atoms with E-state index in [0.717, 1.165) is 0 Å². The smallest absolute Gasteiger partial charge is 0.407 e. The summed E-state index contributed by atoms with van der Waals surface area (Å²) in [6.45, 7) is 0.342. The van der Waals surface area contributed by atoms with Crippen molar-refractivity contribution in [3.8, 4) is 5.69 Å². The van der Waals surface area contributed by atoms with Gasteiger partial charge in [0, 0.05) is 23.7 Å². The molecule has 1 N–H and O–H groups in total. The Labute approximate surface area is 168 Å². The number of nitro benzene ring substituents is 1. The molecule has 1 amide bonds. The number of fused-ring (bicyclic) bond motifs is 1. The van der Waals surface area contributed by atoms with Crippen molar-refractivity contribution in [2.75, 3.05) is 6.54 Å². The van der Waals surface area contributed by atoms with E-state index in [1.165, 1.54) is 27.7 Å². The first-order valence-corrected chi connectivity index (χ1v) is 9.21. The number of amides is 1. The molecule has 0 aliphatic carbocycles. The Morgan fingerprint density at radius 3 is 2.62 bits per heavy atom. The summed E-state index contributed by atoms with van der Waals surface area (Å²) >= 11 is 5.96. The number of likely N-dealkylation sites (tertiary alicyclic amines) is 1. The second-order valence-corrected chi connectivity index (χ2v) is 7.12. The van der Waals surface area contributed by atoms with Crippen LogP contribution in [0.25, 0.3) is 16.6 Å². The fourth-order valence-electron chi connectivity index (χ4n) is 3.63. The first-order chi connectivity index (χ1) is 13.9. The first kappa shape index (κ1) is 18.9. The number of nitro groups is 1. The maximum Gasteiger partial charge on any atom is 0.407 e. The van der Waals surface area contributed by atoms with Crippen molar-refractivity contribution < 1.29 is 14.8 Å². The molecule has 1 aromatic heterocycles. The number of carbonyl (C=O) groups is 1. The van der Waals surface area contributed by atoms with Gasteiger partial charge in [0.2, 0.25) is 0 Å². The van der Waals surface area contributed by atoms with E-state index < -0.39 is 22.6 Å². The molecule has 29 heavy (non-hydrogen) atoms. The second kappa shape index (κ2) is 7.17. The summed E-state index contributed by atoms with van der Waals surface area (Å²) in [6.07, 6.45) is 0.0736. The number of hydrogen-bond donors (Lipinski definition) is 1. The minimum atomic E-state index is -1.09. The van der Waals surface area contributed by atoms with Gasteiger partial charge in [0.15, 0.2) is 0 Å². The van der Waals surface area contributed by atoms with Crippen LogP contribution in [0.5, 0.6) is 0 Å². The number of nitrogens with zero attached hydrogens (tertiary/aromatic N) is 4. The molecule has 1 fully saturated rings. The third kappa shape index (κ3) is 3.29. The zero-order valence-corrected chi connectivity index (χ0v) is 15.7. The summed E-state index contributed by atoms with van der Waals surface area (Å²) in [7, 11) is 0. The van der Waals surface area contributed by atoms with Crippen LogP contribution in [0.1, 0.15) is 24.7 Å². The molecular formula is C19H15ClN4O5. The quantitative estimate of drug-likeness (QED) is 0.514. The SMILES string of the molecule is O=C(O)N1CCCC1c1nc2ccc([N+](=O)[O-])cc2c(=O)n1-c1ccc(Cl)cc1. The molecule has 0 bridgehead atoms. The number of halogens is 1. The molecule has 0 radical (unpaired) electrons. The van der Waals surface area contributed by atoms with Gasteiger partial charge in [-0.05, 0) is 43.2 Å². The van der Waals surface area contributed by atoms with Crippen molar-refractivity contribution in [1.82, 2.24) is 14.5 Å². The van der Waals surface area contributed by atoms with Gasteiger partial charge < -0.3 is 5.11 Å². The summed E-state index contributed by atoms with van der Waals surface area (Å²) in [6, 6.07) is 9.72. The summed E-state index contributed by atoms with van der Waals surface area (Å²) in [5.74, 6) is 0.276. The molecule has 2 aromatic carbocycles. The molecule has 1 aliphatic rings. The van der Waals surface area contributed by atoms with E-state index in [1.54, 1.807) is 24.3 Å².